The Labute approximate surface area is 190 Å². The zero-order valence-electron chi connectivity index (χ0n) is 17.8. The highest BCUT2D eigenvalue weighted by atomic mass is 32.1. The van der Waals surface area contributed by atoms with E-state index in [4.69, 9.17) is 0 Å². The van der Waals surface area contributed by atoms with Crippen molar-refractivity contribution < 1.29 is 4.79 Å². The number of para-hydroxylation sites is 2. The molecule has 1 fully saturated rings. The minimum atomic E-state index is -0.219. The number of thiazole rings is 1. The van der Waals surface area contributed by atoms with Gasteiger partial charge in [-0.1, -0.05) is 18.2 Å². The number of nitrogens with one attached hydrogen (secondary N) is 2. The Kier molecular flexibility index (Phi) is 6.22. The van der Waals surface area contributed by atoms with E-state index in [1.165, 1.54) is 12.8 Å². The Morgan fingerprint density at radius 3 is 2.94 bits per heavy atom. The first-order valence-corrected chi connectivity index (χ1v) is 12.0. The number of amides is 1. The van der Waals surface area contributed by atoms with Gasteiger partial charge in [0.15, 0.2) is 0 Å². The molecule has 0 saturated carbocycles. The lowest BCUT2D eigenvalue weighted by atomic mass is 9.97. The lowest BCUT2D eigenvalue weighted by molar-refractivity contribution is 0.102. The van der Waals surface area contributed by atoms with Crippen LogP contribution in [0.1, 0.15) is 34.0 Å². The van der Waals surface area contributed by atoms with E-state index >= 15 is 0 Å². The second kappa shape index (κ2) is 9.58. The van der Waals surface area contributed by atoms with Gasteiger partial charge in [-0.3, -0.25) is 15.1 Å². The van der Waals surface area contributed by atoms with Crippen molar-refractivity contribution in [1.29, 1.82) is 0 Å². The van der Waals surface area contributed by atoms with E-state index in [9.17, 15) is 4.79 Å². The zero-order chi connectivity index (χ0) is 21.8. The Hall–Kier alpha value is -3.10. The molecule has 2 N–H and O–H groups in total. The number of aryl methyl sites for hydroxylation is 2. The predicted octanol–water partition coefficient (Wildman–Crippen LogP) is 3.92. The fraction of sp³-hybridized carbons (Fsp3) is 0.333. The average Bonchev–Trinajstić information content (AvgIpc) is 3.43. The number of carbonyl (C=O) groups is 1. The first kappa shape index (κ1) is 20.8. The number of imidazole rings is 1. The van der Waals surface area contributed by atoms with E-state index in [-0.39, 0.29) is 5.91 Å². The van der Waals surface area contributed by atoms with Crippen LogP contribution in [0, 0.1) is 5.92 Å². The van der Waals surface area contributed by atoms with Crippen molar-refractivity contribution in [2.45, 2.75) is 32.2 Å². The molecule has 1 aliphatic rings. The molecule has 7 nitrogen and oxygen atoms in total. The minimum absolute atomic E-state index is 0.219. The fourth-order valence-corrected chi connectivity index (χ4v) is 5.08. The SMILES string of the molecule is O=C(Nc1nc2ccccc2n1CCc1ccccn1)c1csc(CC2CCCNC2)n1. The third-order valence-electron chi connectivity index (χ3n) is 5.84. The largest absolute Gasteiger partial charge is 0.316 e. The van der Waals surface area contributed by atoms with Gasteiger partial charge < -0.3 is 9.88 Å². The zero-order valence-corrected chi connectivity index (χ0v) is 18.6. The minimum Gasteiger partial charge on any atom is -0.316 e. The molecular weight excluding hydrogens is 420 g/mol. The number of rotatable bonds is 7. The van der Waals surface area contributed by atoms with Gasteiger partial charge in [0.25, 0.3) is 5.91 Å². The van der Waals surface area contributed by atoms with Gasteiger partial charge in [0.1, 0.15) is 5.69 Å². The fourth-order valence-electron chi connectivity index (χ4n) is 4.19. The molecule has 8 heteroatoms. The number of carbonyl (C=O) groups excluding carboxylic acids is 1. The summed E-state index contributed by atoms with van der Waals surface area (Å²) < 4.78 is 2.04. The lowest BCUT2D eigenvalue weighted by Crippen LogP contribution is -2.30. The van der Waals surface area contributed by atoms with Gasteiger partial charge in [-0.05, 0) is 56.1 Å². The van der Waals surface area contributed by atoms with Crippen LogP contribution in [0.4, 0.5) is 5.95 Å². The summed E-state index contributed by atoms with van der Waals surface area (Å²) in [5.41, 5.74) is 3.30. The van der Waals surface area contributed by atoms with Crippen molar-refractivity contribution in [3.05, 3.63) is 70.4 Å². The first-order chi connectivity index (χ1) is 15.8. The molecule has 4 heterocycles. The summed E-state index contributed by atoms with van der Waals surface area (Å²) in [5, 5.41) is 9.31. The molecule has 164 valence electrons. The van der Waals surface area contributed by atoms with Crippen molar-refractivity contribution in [3.8, 4) is 0 Å². The third kappa shape index (κ3) is 4.71. The van der Waals surface area contributed by atoms with E-state index in [0.29, 0.717) is 24.1 Å². The van der Waals surface area contributed by atoms with Gasteiger partial charge >= 0.3 is 0 Å². The standard InChI is InChI=1S/C24H26N6OS/c31-23(20-16-32-22(27-20)14-17-6-5-11-25-15-17)29-24-28-19-8-1-2-9-21(19)30(24)13-10-18-7-3-4-12-26-18/h1-4,7-9,12,16-17,25H,5-6,10-11,13-15H2,(H,28,29,31). The Balaban J connectivity index is 1.32. The van der Waals surface area contributed by atoms with Crippen LogP contribution >= 0.6 is 11.3 Å². The van der Waals surface area contributed by atoms with Crippen LogP contribution in [0.15, 0.2) is 54.0 Å². The van der Waals surface area contributed by atoms with Crippen molar-refractivity contribution in [2.24, 2.45) is 5.92 Å². The topological polar surface area (TPSA) is 84.7 Å². The normalized spacial score (nSPS) is 16.3. The highest BCUT2D eigenvalue weighted by Crippen LogP contribution is 2.22. The maximum Gasteiger partial charge on any atom is 0.277 e. The molecule has 0 bridgehead atoms. The Morgan fingerprint density at radius 1 is 1.19 bits per heavy atom. The summed E-state index contributed by atoms with van der Waals surface area (Å²) in [6.07, 6.45) is 5.90. The maximum absolute atomic E-state index is 13.0. The number of aromatic nitrogens is 4. The molecule has 5 rings (SSSR count). The molecule has 1 saturated heterocycles. The van der Waals surface area contributed by atoms with E-state index in [2.05, 4.69) is 25.6 Å². The number of hydrogen-bond acceptors (Lipinski definition) is 6. The molecule has 1 atom stereocenters. The molecule has 0 aliphatic carbocycles. The third-order valence-corrected chi connectivity index (χ3v) is 6.72. The molecule has 1 unspecified atom stereocenters. The highest BCUT2D eigenvalue weighted by Gasteiger charge is 2.19. The lowest BCUT2D eigenvalue weighted by Gasteiger charge is -2.21. The van der Waals surface area contributed by atoms with Gasteiger partial charge in [0.05, 0.1) is 16.0 Å². The summed E-state index contributed by atoms with van der Waals surface area (Å²) >= 11 is 1.56. The second-order valence-corrected chi connectivity index (χ2v) is 9.09. The van der Waals surface area contributed by atoms with Crippen LogP contribution in [-0.4, -0.2) is 38.5 Å². The number of benzene rings is 1. The van der Waals surface area contributed by atoms with Crippen LogP contribution in [0.25, 0.3) is 11.0 Å². The molecule has 1 aromatic carbocycles. The van der Waals surface area contributed by atoms with Gasteiger partial charge in [-0.25, -0.2) is 9.97 Å². The summed E-state index contributed by atoms with van der Waals surface area (Å²) in [6.45, 7) is 2.80. The smallest absolute Gasteiger partial charge is 0.277 e. The monoisotopic (exact) mass is 446 g/mol. The first-order valence-electron chi connectivity index (χ1n) is 11.1. The molecule has 1 aliphatic heterocycles. The quantitative estimate of drug-likeness (QED) is 0.449. The highest BCUT2D eigenvalue weighted by molar-refractivity contribution is 7.09. The molecular formula is C24H26N6OS. The summed E-state index contributed by atoms with van der Waals surface area (Å²) in [5.74, 6) is 0.920. The van der Waals surface area contributed by atoms with Crippen LogP contribution < -0.4 is 10.6 Å². The van der Waals surface area contributed by atoms with Crippen LogP contribution in [0.3, 0.4) is 0 Å². The molecule has 4 aromatic rings. The molecule has 32 heavy (non-hydrogen) atoms. The van der Waals surface area contributed by atoms with Crippen molar-refractivity contribution in [2.75, 3.05) is 18.4 Å². The van der Waals surface area contributed by atoms with Gasteiger partial charge in [-0.2, -0.15) is 0 Å². The van der Waals surface area contributed by atoms with Crippen LogP contribution in [0.5, 0.6) is 0 Å². The second-order valence-electron chi connectivity index (χ2n) is 8.14. The number of fused-ring (bicyclic) bond motifs is 1. The number of hydrogen-bond donors (Lipinski definition) is 2. The van der Waals surface area contributed by atoms with Crippen LogP contribution in [0.2, 0.25) is 0 Å². The predicted molar refractivity (Wildman–Crippen MR) is 127 cm³/mol. The molecule has 1 amide bonds. The summed E-state index contributed by atoms with van der Waals surface area (Å²) in [4.78, 5) is 26.7. The maximum atomic E-state index is 13.0. The van der Waals surface area contributed by atoms with Crippen molar-refractivity contribution in [1.82, 2.24) is 24.8 Å². The number of anilines is 1. The van der Waals surface area contributed by atoms with Gasteiger partial charge in [0, 0.05) is 36.7 Å². The van der Waals surface area contributed by atoms with Crippen LogP contribution in [-0.2, 0) is 19.4 Å². The summed E-state index contributed by atoms with van der Waals surface area (Å²) in [6, 6.07) is 13.8. The van der Waals surface area contributed by atoms with Crippen molar-refractivity contribution in [3.63, 3.8) is 0 Å². The van der Waals surface area contributed by atoms with Gasteiger partial charge in [0.2, 0.25) is 5.95 Å². The van der Waals surface area contributed by atoms with E-state index < -0.39 is 0 Å². The van der Waals surface area contributed by atoms with Gasteiger partial charge in [-0.15, -0.1) is 11.3 Å². The molecule has 0 spiro atoms. The summed E-state index contributed by atoms with van der Waals surface area (Å²) in [7, 11) is 0. The number of pyridine rings is 1. The molecule has 3 aromatic heterocycles. The Bertz CT molecular complexity index is 1200. The number of nitrogens with zero attached hydrogens (tertiary/aromatic N) is 4. The van der Waals surface area contributed by atoms with E-state index in [0.717, 1.165) is 47.7 Å². The van der Waals surface area contributed by atoms with E-state index in [1.54, 1.807) is 17.5 Å². The van der Waals surface area contributed by atoms with E-state index in [1.807, 2.05) is 52.4 Å². The Morgan fingerprint density at radius 2 is 2.09 bits per heavy atom. The average molecular weight is 447 g/mol. The number of piperidine rings is 1. The van der Waals surface area contributed by atoms with Crippen molar-refractivity contribution >= 4 is 34.2 Å². The molecule has 0 radical (unpaired) electrons.